The van der Waals surface area contributed by atoms with Gasteiger partial charge in [0, 0.05) is 22.6 Å². The number of ketones is 2. The highest BCUT2D eigenvalue weighted by Crippen LogP contribution is 2.56. The molecule has 0 fully saturated rings. The second kappa shape index (κ2) is 10.9. The lowest BCUT2D eigenvalue weighted by Crippen LogP contribution is -2.69. The predicted octanol–water partition coefficient (Wildman–Crippen LogP) is 2.47. The van der Waals surface area contributed by atoms with Gasteiger partial charge in [-0.3, -0.25) is 34.7 Å². The lowest BCUT2D eigenvalue weighted by atomic mass is 9.55. The Morgan fingerprint density at radius 3 is 2.42 bits per heavy atom. The van der Waals surface area contributed by atoms with E-state index in [2.05, 4.69) is 5.32 Å². The molecule has 0 heterocycles. The molecule has 0 saturated heterocycles. The number of nitro benzene ring substituents is 1. The number of primary amides is 1. The third-order valence-corrected chi connectivity index (χ3v) is 8.84. The molecule has 7 N–H and O–H groups in total. The minimum absolute atomic E-state index is 0.00161. The summed E-state index contributed by atoms with van der Waals surface area (Å²) in [6, 6.07) is 6.10. The Morgan fingerprint density at radius 1 is 1.16 bits per heavy atom. The van der Waals surface area contributed by atoms with E-state index in [1.807, 2.05) is 0 Å². The number of hydrogen-bond donors (Lipinski definition) is 6. The molecule has 236 valence electrons. The molecule has 45 heavy (non-hydrogen) atoms. The number of benzene rings is 2. The van der Waals surface area contributed by atoms with Gasteiger partial charge >= 0.3 is 6.09 Å². The van der Waals surface area contributed by atoms with Crippen LogP contribution in [-0.4, -0.2) is 85.7 Å². The first-order valence-electron chi connectivity index (χ1n) is 13.4. The third-order valence-electron chi connectivity index (χ3n) is 8.60. The molecule has 0 aromatic heterocycles. The van der Waals surface area contributed by atoms with Crippen molar-refractivity contribution in [1.82, 2.24) is 4.90 Å². The fourth-order valence-electron chi connectivity index (χ4n) is 6.72. The Bertz CT molecular complexity index is 1770. The number of phenolic OH excluding ortho intramolecular Hbond substituents is 1. The van der Waals surface area contributed by atoms with Gasteiger partial charge in [-0.05, 0) is 43.8 Å². The van der Waals surface area contributed by atoms with Crippen molar-refractivity contribution in [2.45, 2.75) is 30.6 Å². The van der Waals surface area contributed by atoms with Crippen molar-refractivity contribution >= 4 is 46.5 Å². The monoisotopic (exact) mass is 642 g/mol. The van der Waals surface area contributed by atoms with Gasteiger partial charge in [0.05, 0.1) is 22.4 Å². The van der Waals surface area contributed by atoms with Crippen molar-refractivity contribution < 1.29 is 49.3 Å². The summed E-state index contributed by atoms with van der Waals surface area (Å²) in [5.74, 6) is -10.4. The molecule has 0 aliphatic heterocycles. The summed E-state index contributed by atoms with van der Waals surface area (Å²) in [7, 11) is 2.81. The largest absolute Gasteiger partial charge is 0.510 e. The SMILES string of the molecule is C[C@H]1c2cccc(O)c2C(=O)C2=C(O)[C@]3(O)C(=O)C(C(N)=O)=C(O)[C@@H](N(C)C)[C@@H]3[C@@H](OC(=O)Nc3ccc(Cl)cc3[N+](=O)[O-])[C@@H]21. The second-order valence-electron chi connectivity index (χ2n) is 11.2. The first-order valence-corrected chi connectivity index (χ1v) is 13.8. The van der Waals surface area contributed by atoms with Gasteiger partial charge < -0.3 is 30.9 Å². The molecule has 3 aliphatic rings. The lowest BCUT2D eigenvalue weighted by molar-refractivity contribution is -0.383. The fourth-order valence-corrected chi connectivity index (χ4v) is 6.89. The number of aromatic hydroxyl groups is 1. The van der Waals surface area contributed by atoms with Gasteiger partial charge in [-0.15, -0.1) is 0 Å². The molecule has 16 heteroatoms. The molecular formula is C29H27ClN4O11. The number of nitrogens with one attached hydrogen (secondary N) is 1. The highest BCUT2D eigenvalue weighted by molar-refractivity contribution is 6.31. The molecule has 2 aromatic rings. The van der Waals surface area contributed by atoms with E-state index < -0.39 is 98.1 Å². The number of anilines is 1. The van der Waals surface area contributed by atoms with Gasteiger partial charge in [-0.1, -0.05) is 30.7 Å². The van der Waals surface area contributed by atoms with E-state index in [9.17, 15) is 49.7 Å². The quantitative estimate of drug-likeness (QED) is 0.156. The molecule has 2 amide bonds. The Hall–Kier alpha value is -4.99. The van der Waals surface area contributed by atoms with Crippen LogP contribution in [0.5, 0.6) is 5.75 Å². The van der Waals surface area contributed by atoms with Gasteiger partial charge in [0.1, 0.15) is 34.6 Å². The Morgan fingerprint density at radius 2 is 1.82 bits per heavy atom. The number of aliphatic hydroxyl groups is 3. The van der Waals surface area contributed by atoms with Crippen LogP contribution < -0.4 is 11.1 Å². The van der Waals surface area contributed by atoms with Crippen LogP contribution in [0.1, 0.15) is 28.8 Å². The van der Waals surface area contributed by atoms with Crippen molar-refractivity contribution in [2.75, 3.05) is 19.4 Å². The number of nitrogens with two attached hydrogens (primary N) is 1. The maximum Gasteiger partial charge on any atom is 0.412 e. The number of rotatable bonds is 5. The topological polar surface area (TPSA) is 243 Å². The average molecular weight is 643 g/mol. The number of ether oxygens (including phenoxy) is 1. The fraction of sp³-hybridized carbons (Fsp3) is 0.310. The predicted molar refractivity (Wildman–Crippen MR) is 156 cm³/mol. The summed E-state index contributed by atoms with van der Waals surface area (Å²) in [5.41, 5.74) is -0.247. The van der Waals surface area contributed by atoms with E-state index >= 15 is 0 Å². The summed E-state index contributed by atoms with van der Waals surface area (Å²) in [6.45, 7) is 1.59. The Balaban J connectivity index is 1.75. The van der Waals surface area contributed by atoms with Crippen molar-refractivity contribution in [3.8, 4) is 5.75 Å². The van der Waals surface area contributed by atoms with Crippen LogP contribution in [0.3, 0.4) is 0 Å². The van der Waals surface area contributed by atoms with Crippen LogP contribution in [0.2, 0.25) is 5.02 Å². The van der Waals surface area contributed by atoms with Gasteiger partial charge in [-0.2, -0.15) is 0 Å². The molecule has 0 unspecified atom stereocenters. The minimum atomic E-state index is -3.15. The summed E-state index contributed by atoms with van der Waals surface area (Å²) >= 11 is 5.87. The molecule has 6 atom stereocenters. The van der Waals surface area contributed by atoms with E-state index in [-0.39, 0.29) is 21.8 Å². The number of phenols is 1. The molecule has 3 aliphatic carbocycles. The summed E-state index contributed by atoms with van der Waals surface area (Å²) in [6.07, 6.45) is -3.06. The molecule has 5 rings (SSSR count). The maximum atomic E-state index is 13.9. The molecule has 0 radical (unpaired) electrons. The number of fused-ring (bicyclic) bond motifs is 3. The third kappa shape index (κ3) is 4.58. The average Bonchev–Trinajstić information content (AvgIpc) is 2.95. The highest BCUT2D eigenvalue weighted by atomic mass is 35.5. The molecule has 0 saturated carbocycles. The first-order chi connectivity index (χ1) is 21.0. The van der Waals surface area contributed by atoms with Crippen molar-refractivity contribution in [1.29, 1.82) is 0 Å². The van der Waals surface area contributed by atoms with Crippen molar-refractivity contribution in [3.63, 3.8) is 0 Å². The van der Waals surface area contributed by atoms with Gasteiger partial charge in [0.25, 0.3) is 11.6 Å². The Labute approximate surface area is 259 Å². The molecular weight excluding hydrogens is 616 g/mol. The summed E-state index contributed by atoms with van der Waals surface area (Å²) in [4.78, 5) is 65.6. The molecule has 2 aromatic carbocycles. The lowest BCUT2D eigenvalue weighted by Gasteiger charge is -2.54. The maximum absolute atomic E-state index is 13.9. The van der Waals surface area contributed by atoms with Crippen LogP contribution in [0.15, 0.2) is 59.1 Å². The number of carbonyl (C=O) groups excluding carboxylic acids is 4. The van der Waals surface area contributed by atoms with Crippen LogP contribution in [0.25, 0.3) is 0 Å². The number of nitrogens with zero attached hydrogens (tertiary/aromatic N) is 2. The number of nitro groups is 1. The normalized spacial score (nSPS) is 27.5. The number of carbonyl (C=O) groups is 4. The van der Waals surface area contributed by atoms with Gasteiger partial charge in [0.2, 0.25) is 5.78 Å². The minimum Gasteiger partial charge on any atom is -0.510 e. The number of Topliss-reactive ketones (excluding diaryl/α,β-unsaturated/α-hetero) is 2. The summed E-state index contributed by atoms with van der Waals surface area (Å²) in [5, 5.41) is 59.3. The van der Waals surface area contributed by atoms with Crippen molar-refractivity contribution in [2.24, 2.45) is 17.6 Å². The zero-order valence-electron chi connectivity index (χ0n) is 23.8. The van der Waals surface area contributed by atoms with Crippen LogP contribution >= 0.6 is 11.6 Å². The van der Waals surface area contributed by atoms with E-state index in [4.69, 9.17) is 22.1 Å². The van der Waals surface area contributed by atoms with Gasteiger partial charge in [0.15, 0.2) is 11.4 Å². The number of halogens is 1. The number of amides is 2. The molecule has 15 nitrogen and oxygen atoms in total. The number of aliphatic hydroxyl groups excluding tert-OH is 2. The van der Waals surface area contributed by atoms with E-state index in [1.54, 1.807) is 6.92 Å². The standard InChI is InChI=1S/C29H27ClN4O11/c1-10-12-5-4-6-15(35)17(12)22(36)18-16(10)24(45-28(41)32-13-8-7-11(30)9-14(13)34(43)44)20-21(33(2)3)23(37)19(27(31)40)26(39)29(20,42)25(18)38/h4-10,16,20-21,24,35,37-38,42H,1-3H3,(H2,31,40)(H,32,41)/t10-,16+,20+,21-,24-,29-/m0/s1. The summed E-state index contributed by atoms with van der Waals surface area (Å²) < 4.78 is 5.80. The molecule has 0 bridgehead atoms. The van der Waals surface area contributed by atoms with Crippen LogP contribution in [0, 0.1) is 22.0 Å². The number of hydrogen-bond acceptors (Lipinski definition) is 12. The highest BCUT2D eigenvalue weighted by Gasteiger charge is 2.68. The first kappa shape index (κ1) is 31.4. The van der Waals surface area contributed by atoms with Crippen LogP contribution in [-0.2, 0) is 14.3 Å². The van der Waals surface area contributed by atoms with Crippen molar-refractivity contribution in [3.05, 3.63) is 85.3 Å². The van der Waals surface area contributed by atoms with E-state index in [1.165, 1.54) is 43.3 Å². The van der Waals surface area contributed by atoms with E-state index in [0.29, 0.717) is 0 Å². The Kier molecular flexibility index (Phi) is 7.59. The molecule has 0 spiro atoms. The van der Waals surface area contributed by atoms with E-state index in [0.717, 1.165) is 12.1 Å². The zero-order valence-corrected chi connectivity index (χ0v) is 24.6. The second-order valence-corrected chi connectivity index (χ2v) is 11.7. The number of likely N-dealkylation sites (N-methyl/N-ethyl adjacent to an activating group) is 1. The smallest absolute Gasteiger partial charge is 0.412 e. The van der Waals surface area contributed by atoms with Crippen LogP contribution in [0.4, 0.5) is 16.2 Å². The van der Waals surface area contributed by atoms with Gasteiger partial charge in [-0.25, -0.2) is 4.79 Å². The zero-order chi connectivity index (χ0) is 33.3.